The summed E-state index contributed by atoms with van der Waals surface area (Å²) in [5.41, 5.74) is 2.72. The van der Waals surface area contributed by atoms with Crippen LogP contribution in [0.1, 0.15) is 52.1 Å². The van der Waals surface area contributed by atoms with Gasteiger partial charge in [-0.1, -0.05) is 20.8 Å². The van der Waals surface area contributed by atoms with Gasteiger partial charge in [-0.3, -0.25) is 4.98 Å². The number of rotatable bonds is 2. The van der Waals surface area contributed by atoms with Crippen LogP contribution >= 0.6 is 0 Å². The lowest BCUT2D eigenvalue weighted by Gasteiger charge is -2.37. The lowest BCUT2D eigenvalue weighted by molar-refractivity contribution is 0.173. The van der Waals surface area contributed by atoms with Crippen molar-refractivity contribution in [3.8, 4) is 0 Å². The lowest BCUT2D eigenvalue weighted by atomic mass is 9.71. The minimum Gasteiger partial charge on any atom is -0.381 e. The maximum atomic E-state index is 4.34. The number of aryl methyl sites for hydroxylation is 1. The van der Waals surface area contributed by atoms with Gasteiger partial charge in [0.2, 0.25) is 0 Å². The second-order valence-corrected chi connectivity index (χ2v) is 6.75. The highest BCUT2D eigenvalue weighted by Gasteiger charge is 2.29. The summed E-state index contributed by atoms with van der Waals surface area (Å²) in [7, 11) is 0. The quantitative estimate of drug-likeness (QED) is 0.836. The molecule has 0 atom stereocenters. The summed E-state index contributed by atoms with van der Waals surface area (Å²) in [5, 5.41) is 3.62. The second kappa shape index (κ2) is 5.29. The number of aromatic nitrogens is 1. The van der Waals surface area contributed by atoms with E-state index in [2.05, 4.69) is 43.2 Å². The molecule has 1 aliphatic carbocycles. The second-order valence-electron chi connectivity index (χ2n) is 6.75. The van der Waals surface area contributed by atoms with Crippen LogP contribution < -0.4 is 5.32 Å². The Balaban J connectivity index is 1.85. The smallest absolute Gasteiger partial charge is 0.0529 e. The largest absolute Gasteiger partial charge is 0.381 e. The van der Waals surface area contributed by atoms with Crippen molar-refractivity contribution >= 4 is 5.69 Å². The van der Waals surface area contributed by atoms with Gasteiger partial charge in [-0.25, -0.2) is 0 Å². The Morgan fingerprint density at radius 3 is 2.28 bits per heavy atom. The van der Waals surface area contributed by atoms with Gasteiger partial charge in [0, 0.05) is 11.7 Å². The molecule has 0 amide bonds. The molecule has 18 heavy (non-hydrogen) atoms. The molecule has 1 aromatic rings. The lowest BCUT2D eigenvalue weighted by Crippen LogP contribution is -2.31. The molecule has 0 saturated heterocycles. The maximum absolute atomic E-state index is 4.34. The predicted molar refractivity (Wildman–Crippen MR) is 77.8 cm³/mol. The minimum atomic E-state index is 0.469. The van der Waals surface area contributed by atoms with E-state index in [-0.39, 0.29) is 0 Å². The minimum absolute atomic E-state index is 0.469. The molecule has 0 radical (unpaired) electrons. The molecule has 1 aromatic heterocycles. The number of anilines is 1. The number of pyridine rings is 1. The van der Waals surface area contributed by atoms with Gasteiger partial charge in [0.15, 0.2) is 0 Å². The van der Waals surface area contributed by atoms with Gasteiger partial charge in [-0.05, 0) is 56.1 Å². The first kappa shape index (κ1) is 13.4. The fraction of sp³-hybridized carbons (Fsp3) is 0.688. The summed E-state index contributed by atoms with van der Waals surface area (Å²) in [5.74, 6) is 0.881. The molecule has 0 bridgehead atoms. The highest BCUT2D eigenvalue weighted by molar-refractivity contribution is 5.41. The van der Waals surface area contributed by atoms with Crippen LogP contribution in [0.5, 0.6) is 0 Å². The molecule has 2 nitrogen and oxygen atoms in total. The first-order valence-electron chi connectivity index (χ1n) is 7.14. The van der Waals surface area contributed by atoms with E-state index in [9.17, 15) is 0 Å². The fourth-order valence-corrected chi connectivity index (χ4v) is 2.89. The molecule has 0 aliphatic heterocycles. The molecule has 0 unspecified atom stereocenters. The number of hydrogen-bond acceptors (Lipinski definition) is 2. The monoisotopic (exact) mass is 246 g/mol. The van der Waals surface area contributed by atoms with Crippen LogP contribution in [-0.4, -0.2) is 11.0 Å². The van der Waals surface area contributed by atoms with E-state index >= 15 is 0 Å². The van der Waals surface area contributed by atoms with Gasteiger partial charge in [0.1, 0.15) is 0 Å². The van der Waals surface area contributed by atoms with Crippen LogP contribution in [0.3, 0.4) is 0 Å². The van der Waals surface area contributed by atoms with Crippen LogP contribution in [0.15, 0.2) is 18.3 Å². The highest BCUT2D eigenvalue weighted by Crippen LogP contribution is 2.38. The van der Waals surface area contributed by atoms with E-state index < -0.39 is 0 Å². The summed E-state index contributed by atoms with van der Waals surface area (Å²) in [4.78, 5) is 4.34. The Kier molecular flexibility index (Phi) is 3.94. The van der Waals surface area contributed by atoms with Crippen LogP contribution in [-0.2, 0) is 0 Å². The summed E-state index contributed by atoms with van der Waals surface area (Å²) in [6.45, 7) is 9.14. The van der Waals surface area contributed by atoms with Crippen molar-refractivity contribution in [1.82, 2.24) is 4.98 Å². The average molecular weight is 246 g/mol. The summed E-state index contributed by atoms with van der Waals surface area (Å²) in [6, 6.07) is 4.84. The van der Waals surface area contributed by atoms with Crippen molar-refractivity contribution in [2.45, 2.75) is 59.4 Å². The Morgan fingerprint density at radius 1 is 1.11 bits per heavy atom. The topological polar surface area (TPSA) is 24.9 Å². The zero-order valence-corrected chi connectivity index (χ0v) is 12.2. The van der Waals surface area contributed by atoms with Gasteiger partial charge in [-0.2, -0.15) is 0 Å². The Hall–Kier alpha value is -1.05. The fourth-order valence-electron chi connectivity index (χ4n) is 2.89. The Bertz CT molecular complexity index is 367. The van der Waals surface area contributed by atoms with Crippen molar-refractivity contribution in [3.63, 3.8) is 0 Å². The SMILES string of the molecule is Cc1ccc(NC2CCC(C(C)(C)C)CC2)cn1. The normalized spacial score (nSPS) is 24.9. The number of nitrogens with one attached hydrogen (secondary N) is 1. The zero-order valence-electron chi connectivity index (χ0n) is 12.2. The molecule has 100 valence electrons. The molecular weight excluding hydrogens is 220 g/mol. The van der Waals surface area contributed by atoms with E-state index in [0.29, 0.717) is 11.5 Å². The molecule has 1 heterocycles. The molecule has 1 fully saturated rings. The molecule has 0 spiro atoms. The summed E-state index contributed by atoms with van der Waals surface area (Å²) < 4.78 is 0. The molecule has 1 aliphatic rings. The van der Waals surface area contributed by atoms with E-state index in [1.807, 2.05) is 13.1 Å². The van der Waals surface area contributed by atoms with Gasteiger partial charge in [-0.15, -0.1) is 0 Å². The Labute approximate surface area is 111 Å². The molecule has 0 aromatic carbocycles. The summed E-state index contributed by atoms with van der Waals surface area (Å²) >= 11 is 0. The van der Waals surface area contributed by atoms with Crippen molar-refractivity contribution < 1.29 is 0 Å². The molecule has 2 rings (SSSR count). The van der Waals surface area contributed by atoms with Crippen molar-refractivity contribution in [2.75, 3.05) is 5.32 Å². The van der Waals surface area contributed by atoms with E-state index in [1.54, 1.807) is 0 Å². The van der Waals surface area contributed by atoms with Gasteiger partial charge in [0.25, 0.3) is 0 Å². The van der Waals surface area contributed by atoms with E-state index in [1.165, 1.54) is 31.4 Å². The van der Waals surface area contributed by atoms with Gasteiger partial charge >= 0.3 is 0 Å². The number of hydrogen-bond donors (Lipinski definition) is 1. The third kappa shape index (κ3) is 3.47. The molecular formula is C16H26N2. The van der Waals surface area contributed by atoms with Crippen LogP contribution in [0.4, 0.5) is 5.69 Å². The van der Waals surface area contributed by atoms with E-state index in [0.717, 1.165) is 11.6 Å². The average Bonchev–Trinajstić information content (AvgIpc) is 2.32. The van der Waals surface area contributed by atoms with Crippen LogP contribution in [0.2, 0.25) is 0 Å². The van der Waals surface area contributed by atoms with Crippen molar-refractivity contribution in [2.24, 2.45) is 11.3 Å². The van der Waals surface area contributed by atoms with Gasteiger partial charge in [0.05, 0.1) is 11.9 Å². The number of nitrogens with zero attached hydrogens (tertiary/aromatic N) is 1. The van der Waals surface area contributed by atoms with Crippen molar-refractivity contribution in [3.05, 3.63) is 24.0 Å². The molecule has 2 heteroatoms. The zero-order chi connectivity index (χ0) is 13.2. The Morgan fingerprint density at radius 2 is 1.78 bits per heavy atom. The standard InChI is InChI=1S/C16H26N2/c1-12-5-8-15(11-17-12)18-14-9-6-13(7-10-14)16(2,3)4/h5,8,11,13-14,18H,6-7,9-10H2,1-4H3. The third-order valence-corrected chi connectivity index (χ3v) is 4.23. The van der Waals surface area contributed by atoms with Crippen LogP contribution in [0.25, 0.3) is 0 Å². The predicted octanol–water partition coefficient (Wildman–Crippen LogP) is 4.41. The first-order chi connectivity index (χ1) is 8.45. The third-order valence-electron chi connectivity index (χ3n) is 4.23. The first-order valence-corrected chi connectivity index (χ1v) is 7.14. The van der Waals surface area contributed by atoms with Gasteiger partial charge < -0.3 is 5.32 Å². The molecule has 1 saturated carbocycles. The maximum Gasteiger partial charge on any atom is 0.0529 e. The highest BCUT2D eigenvalue weighted by atomic mass is 14.9. The van der Waals surface area contributed by atoms with E-state index in [4.69, 9.17) is 0 Å². The van der Waals surface area contributed by atoms with Crippen molar-refractivity contribution in [1.29, 1.82) is 0 Å². The van der Waals surface area contributed by atoms with Crippen LogP contribution in [0, 0.1) is 18.3 Å². The molecule has 1 N–H and O–H groups in total. The summed E-state index contributed by atoms with van der Waals surface area (Å²) in [6.07, 6.45) is 7.22.